The largest absolute Gasteiger partial charge is 0.484 e. The highest BCUT2D eigenvalue weighted by Gasteiger charge is 2.24. The van der Waals surface area contributed by atoms with E-state index in [1.165, 1.54) is 0 Å². The fourth-order valence-electron chi connectivity index (χ4n) is 1.80. The average molecular weight is 292 g/mol. The van der Waals surface area contributed by atoms with Crippen LogP contribution >= 0.6 is 11.6 Å². The maximum atomic E-state index is 10.9. The highest BCUT2D eigenvalue weighted by atomic mass is 35.5. The minimum absolute atomic E-state index is 0.00520. The Hall–Kier alpha value is -0.980. The Balaban J connectivity index is 2.11. The van der Waals surface area contributed by atoms with E-state index in [0.717, 1.165) is 11.9 Å². The molecule has 0 N–H and O–H groups in total. The van der Waals surface area contributed by atoms with Crippen molar-refractivity contribution in [3.8, 4) is 5.75 Å². The van der Waals surface area contributed by atoms with Crippen molar-refractivity contribution in [1.29, 1.82) is 0 Å². The van der Waals surface area contributed by atoms with Gasteiger partial charge in [0.1, 0.15) is 18.5 Å². The summed E-state index contributed by atoms with van der Waals surface area (Å²) in [5, 5.41) is 0.634. The molecular weight excluding hydrogens is 278 g/mol. The Kier molecular flexibility index (Phi) is 3.70. The lowest BCUT2D eigenvalue weighted by atomic mass is 10.2. The van der Waals surface area contributed by atoms with Gasteiger partial charge in [-0.1, -0.05) is 11.6 Å². The Bertz CT molecular complexity index is 546. The molecule has 0 bridgehead atoms. The summed E-state index contributed by atoms with van der Waals surface area (Å²) in [6.07, 6.45) is 0.700. The van der Waals surface area contributed by atoms with Crippen molar-refractivity contribution in [1.82, 2.24) is 0 Å². The topological polar surface area (TPSA) is 55.8 Å². The van der Waals surface area contributed by atoms with Crippen LogP contribution in [0.3, 0.4) is 0 Å². The number of halogens is 1. The van der Waals surface area contributed by atoms with Gasteiger partial charge >= 0.3 is 0 Å². The third-order valence-corrected chi connectivity index (χ3v) is 3.37. The average Bonchev–Trinajstić information content (AvgIpc) is 2.26. The Labute approximate surface area is 111 Å². The zero-order valence-corrected chi connectivity index (χ0v) is 11.7. The van der Waals surface area contributed by atoms with E-state index < -0.39 is 10.1 Å². The van der Waals surface area contributed by atoms with Gasteiger partial charge in [0.15, 0.2) is 0 Å². The monoisotopic (exact) mass is 291 g/mol. The molecule has 18 heavy (non-hydrogen) atoms. The molecule has 100 valence electrons. The first-order valence-electron chi connectivity index (χ1n) is 5.37. The first-order valence-corrected chi connectivity index (χ1v) is 7.56. The lowest BCUT2D eigenvalue weighted by Crippen LogP contribution is -2.40. The smallest absolute Gasteiger partial charge is 0.264 e. The molecule has 1 aliphatic rings. The van der Waals surface area contributed by atoms with Gasteiger partial charge in [-0.2, -0.15) is 8.42 Å². The maximum Gasteiger partial charge on any atom is 0.264 e. The lowest BCUT2D eigenvalue weighted by Gasteiger charge is -2.33. The summed E-state index contributed by atoms with van der Waals surface area (Å²) in [5.74, 6) is 0.676. The second kappa shape index (κ2) is 4.95. The molecule has 1 aliphatic heterocycles. The summed E-state index contributed by atoms with van der Waals surface area (Å²) in [7, 11) is -1.55. The lowest BCUT2D eigenvalue weighted by molar-refractivity contribution is 0.130. The number of nitrogens with zero attached hydrogens (tertiary/aromatic N) is 1. The molecule has 1 atom stereocenters. The van der Waals surface area contributed by atoms with E-state index in [9.17, 15) is 8.42 Å². The number of benzene rings is 1. The van der Waals surface area contributed by atoms with Gasteiger partial charge in [-0.3, -0.25) is 4.18 Å². The molecule has 0 saturated carbocycles. The molecule has 0 fully saturated rings. The van der Waals surface area contributed by atoms with E-state index in [2.05, 4.69) is 0 Å². The van der Waals surface area contributed by atoms with Crippen LogP contribution < -0.4 is 9.64 Å². The molecule has 0 saturated heterocycles. The van der Waals surface area contributed by atoms with Crippen molar-refractivity contribution >= 4 is 27.4 Å². The van der Waals surface area contributed by atoms with Crippen LogP contribution in [0.15, 0.2) is 18.2 Å². The van der Waals surface area contributed by atoms with Gasteiger partial charge < -0.3 is 9.64 Å². The number of hydrogen-bond acceptors (Lipinski definition) is 5. The van der Waals surface area contributed by atoms with Gasteiger partial charge in [0.25, 0.3) is 10.1 Å². The van der Waals surface area contributed by atoms with Crippen LogP contribution in [0.25, 0.3) is 0 Å². The highest BCUT2D eigenvalue weighted by molar-refractivity contribution is 7.85. The molecule has 1 heterocycles. The normalized spacial score (nSPS) is 19.3. The first kappa shape index (κ1) is 13.5. The minimum atomic E-state index is -3.44. The molecule has 0 radical (unpaired) electrons. The quantitative estimate of drug-likeness (QED) is 0.790. The zero-order valence-electron chi connectivity index (χ0n) is 10.1. The molecule has 7 heteroatoms. The van der Waals surface area contributed by atoms with Crippen LogP contribution in [-0.4, -0.2) is 41.0 Å². The number of rotatable bonds is 3. The SMILES string of the molecule is CN1C[C@@H](COS(C)(=O)=O)Oc2ccc(Cl)cc21. The van der Waals surface area contributed by atoms with E-state index in [4.69, 9.17) is 20.5 Å². The van der Waals surface area contributed by atoms with Crippen molar-refractivity contribution in [2.45, 2.75) is 6.10 Å². The summed E-state index contributed by atoms with van der Waals surface area (Å²) < 4.78 is 32.3. The molecular formula is C11H14ClNO4S. The summed E-state index contributed by atoms with van der Waals surface area (Å²) in [6.45, 7) is 0.550. The van der Waals surface area contributed by atoms with E-state index >= 15 is 0 Å². The van der Waals surface area contributed by atoms with E-state index in [-0.39, 0.29) is 12.7 Å². The Morgan fingerprint density at radius 3 is 2.94 bits per heavy atom. The number of fused-ring (bicyclic) bond motifs is 1. The van der Waals surface area contributed by atoms with Crippen LogP contribution in [0.4, 0.5) is 5.69 Å². The molecule has 0 amide bonds. The third kappa shape index (κ3) is 3.28. The fourth-order valence-corrected chi connectivity index (χ4v) is 2.36. The molecule has 0 aromatic heterocycles. The molecule has 0 spiro atoms. The molecule has 1 aromatic carbocycles. The van der Waals surface area contributed by atoms with Gasteiger partial charge in [-0.05, 0) is 18.2 Å². The molecule has 2 rings (SSSR count). The predicted molar refractivity (Wildman–Crippen MR) is 69.9 cm³/mol. The number of likely N-dealkylation sites (N-methyl/N-ethyl adjacent to an activating group) is 1. The van der Waals surface area contributed by atoms with E-state index in [1.807, 2.05) is 18.0 Å². The summed E-state index contributed by atoms with van der Waals surface area (Å²) in [5.41, 5.74) is 0.887. The molecule has 0 unspecified atom stereocenters. The van der Waals surface area contributed by atoms with Crippen molar-refractivity contribution < 1.29 is 17.3 Å². The van der Waals surface area contributed by atoms with Crippen LogP contribution in [-0.2, 0) is 14.3 Å². The van der Waals surface area contributed by atoms with Gasteiger partial charge in [0, 0.05) is 12.1 Å². The van der Waals surface area contributed by atoms with Gasteiger partial charge in [0.05, 0.1) is 18.5 Å². The minimum Gasteiger partial charge on any atom is -0.484 e. The van der Waals surface area contributed by atoms with Crippen molar-refractivity contribution in [3.63, 3.8) is 0 Å². The van der Waals surface area contributed by atoms with Crippen molar-refractivity contribution in [2.75, 3.05) is 31.4 Å². The highest BCUT2D eigenvalue weighted by Crippen LogP contribution is 2.34. The molecule has 5 nitrogen and oxygen atoms in total. The first-order chi connectivity index (χ1) is 8.35. The zero-order chi connectivity index (χ0) is 13.3. The predicted octanol–water partition coefficient (Wildman–Crippen LogP) is 1.51. The molecule has 1 aromatic rings. The van der Waals surface area contributed by atoms with Crippen LogP contribution in [0.1, 0.15) is 0 Å². The standard InChI is InChI=1S/C11H14ClNO4S/c1-13-6-9(7-16-18(2,14)15)17-11-4-3-8(12)5-10(11)13/h3-5,9H,6-7H2,1-2H3/t9-/m0/s1. The van der Waals surface area contributed by atoms with Gasteiger partial charge in [0.2, 0.25) is 0 Å². The van der Waals surface area contributed by atoms with Crippen LogP contribution in [0.5, 0.6) is 5.75 Å². The van der Waals surface area contributed by atoms with Gasteiger partial charge in [-0.15, -0.1) is 0 Å². The third-order valence-electron chi connectivity index (χ3n) is 2.57. The summed E-state index contributed by atoms with van der Waals surface area (Å²) >= 11 is 5.91. The second-order valence-electron chi connectivity index (χ2n) is 4.22. The second-order valence-corrected chi connectivity index (χ2v) is 6.30. The van der Waals surface area contributed by atoms with Gasteiger partial charge in [-0.25, -0.2) is 0 Å². The van der Waals surface area contributed by atoms with E-state index in [0.29, 0.717) is 17.3 Å². The summed E-state index contributed by atoms with van der Waals surface area (Å²) in [6, 6.07) is 5.30. The number of ether oxygens (including phenoxy) is 1. The van der Waals surface area contributed by atoms with Crippen LogP contribution in [0.2, 0.25) is 5.02 Å². The van der Waals surface area contributed by atoms with Crippen molar-refractivity contribution in [2.24, 2.45) is 0 Å². The molecule has 0 aliphatic carbocycles. The number of hydrogen-bond donors (Lipinski definition) is 0. The fraction of sp³-hybridized carbons (Fsp3) is 0.455. The number of anilines is 1. The Morgan fingerprint density at radius 1 is 1.56 bits per heavy atom. The van der Waals surface area contributed by atoms with Crippen LogP contribution in [0, 0.1) is 0 Å². The van der Waals surface area contributed by atoms with E-state index in [1.54, 1.807) is 12.1 Å². The van der Waals surface area contributed by atoms with Crippen molar-refractivity contribution in [3.05, 3.63) is 23.2 Å². The summed E-state index contributed by atoms with van der Waals surface area (Å²) in [4.78, 5) is 1.96. The maximum absolute atomic E-state index is 10.9. The Morgan fingerprint density at radius 2 is 2.28 bits per heavy atom.